The van der Waals surface area contributed by atoms with Crippen LogP contribution in [-0.2, 0) is 6.42 Å². The molecular weight excluding hydrogens is 505 g/mol. The van der Waals surface area contributed by atoms with Gasteiger partial charge in [0.25, 0.3) is 0 Å². The van der Waals surface area contributed by atoms with Gasteiger partial charge in [-0.3, -0.25) is 9.78 Å². The van der Waals surface area contributed by atoms with Crippen LogP contribution >= 0.6 is 0 Å². The molecule has 9 heteroatoms. The van der Waals surface area contributed by atoms with Crippen molar-refractivity contribution in [3.63, 3.8) is 0 Å². The largest absolute Gasteiger partial charge is 0.326 e. The smallest absolute Gasteiger partial charge is 0.169 e. The number of carbonyl (C=O) groups is 1. The number of benzene rings is 2. The Morgan fingerprint density at radius 1 is 0.975 bits per heavy atom. The van der Waals surface area contributed by atoms with Crippen molar-refractivity contribution in [3.8, 4) is 22.6 Å². The molecule has 0 spiro atoms. The van der Waals surface area contributed by atoms with Crippen LogP contribution in [-0.4, -0.2) is 48.0 Å². The fraction of sp³-hybridized carbons (Fsp3) is 0.194. The number of carbonyl (C=O) groups excluding carboxylic acids is 1. The summed E-state index contributed by atoms with van der Waals surface area (Å²) in [7, 11) is 0. The summed E-state index contributed by atoms with van der Waals surface area (Å²) >= 11 is 0. The van der Waals surface area contributed by atoms with Crippen molar-refractivity contribution in [2.75, 3.05) is 13.1 Å². The highest BCUT2D eigenvalue weighted by molar-refractivity contribution is 6.07. The number of pyridine rings is 1. The number of aromatic nitrogens is 6. The lowest BCUT2D eigenvalue weighted by molar-refractivity contribution is 0.0993. The van der Waals surface area contributed by atoms with Gasteiger partial charge in [-0.15, -0.1) is 0 Å². The van der Waals surface area contributed by atoms with E-state index in [4.69, 9.17) is 10.1 Å². The number of para-hydroxylation sites is 1. The van der Waals surface area contributed by atoms with Crippen LogP contribution in [0.2, 0.25) is 0 Å². The molecule has 0 bridgehead atoms. The van der Waals surface area contributed by atoms with Crippen LogP contribution in [0, 0.1) is 5.82 Å². The van der Waals surface area contributed by atoms with Crippen molar-refractivity contribution in [2.24, 2.45) is 0 Å². The fourth-order valence-corrected chi connectivity index (χ4v) is 5.54. The number of imidazole rings is 2. The molecule has 8 nitrogen and oxygen atoms in total. The van der Waals surface area contributed by atoms with Crippen molar-refractivity contribution in [1.82, 2.24) is 34.4 Å². The van der Waals surface area contributed by atoms with E-state index in [0.29, 0.717) is 16.9 Å². The predicted octanol–water partition coefficient (Wildman–Crippen LogP) is 5.30. The van der Waals surface area contributed by atoms with E-state index >= 15 is 0 Å². The normalized spacial score (nSPS) is 14.2. The number of Topliss-reactive ketones (excluding diaryl/α,β-unsaturated/α-hetero) is 1. The number of piperidine rings is 1. The minimum atomic E-state index is -0.289. The third-order valence-corrected chi connectivity index (χ3v) is 7.52. The maximum absolute atomic E-state index is 13.7. The molecule has 6 aromatic rings. The first kappa shape index (κ1) is 24.3. The van der Waals surface area contributed by atoms with Gasteiger partial charge in [0.05, 0.1) is 41.5 Å². The summed E-state index contributed by atoms with van der Waals surface area (Å²) in [6.07, 6.45) is 7.46. The van der Waals surface area contributed by atoms with Gasteiger partial charge >= 0.3 is 0 Å². The molecule has 7 rings (SSSR count). The lowest BCUT2D eigenvalue weighted by Crippen LogP contribution is -2.29. The third-order valence-electron chi connectivity index (χ3n) is 7.52. The number of nitrogens with one attached hydrogen (secondary N) is 1. The van der Waals surface area contributed by atoms with Gasteiger partial charge in [0, 0.05) is 28.8 Å². The Kier molecular flexibility index (Phi) is 6.13. The van der Waals surface area contributed by atoms with E-state index in [1.807, 2.05) is 48.9 Å². The summed E-state index contributed by atoms with van der Waals surface area (Å²) in [5.74, 6) is -0.312. The van der Waals surface area contributed by atoms with E-state index in [9.17, 15) is 9.18 Å². The monoisotopic (exact) mass is 531 g/mol. The molecule has 2 aromatic carbocycles. The second-order valence-corrected chi connectivity index (χ2v) is 10.1. The summed E-state index contributed by atoms with van der Waals surface area (Å²) in [5.41, 5.74) is 5.91. The topological polar surface area (TPSA) is 90.0 Å². The van der Waals surface area contributed by atoms with Crippen LogP contribution < -0.4 is 5.32 Å². The molecule has 1 aliphatic heterocycles. The fourth-order valence-electron chi connectivity index (χ4n) is 5.54. The maximum Gasteiger partial charge on any atom is 0.169 e. The van der Waals surface area contributed by atoms with Crippen LogP contribution in [0.1, 0.15) is 34.9 Å². The molecule has 0 saturated carbocycles. The van der Waals surface area contributed by atoms with Gasteiger partial charge in [0.15, 0.2) is 11.4 Å². The average Bonchev–Trinajstić information content (AvgIpc) is 3.61. The van der Waals surface area contributed by atoms with Crippen molar-refractivity contribution in [1.29, 1.82) is 0 Å². The Bertz CT molecular complexity index is 1850. The Morgan fingerprint density at radius 3 is 2.65 bits per heavy atom. The van der Waals surface area contributed by atoms with Gasteiger partial charge in [-0.05, 0) is 74.5 Å². The molecule has 40 heavy (non-hydrogen) atoms. The number of rotatable bonds is 6. The van der Waals surface area contributed by atoms with Crippen molar-refractivity contribution in [2.45, 2.75) is 25.3 Å². The number of halogens is 1. The molecule has 5 heterocycles. The standard InChI is InChI=1S/C31H26FN7O/c32-21-7-5-20(6-8-21)30-31(38(19-35-30)23-11-14-33-15-12-23)27-9-10-29-36-22(18-39(29)37-27)17-28(40)25-13-16-34-26-4-2-1-3-24(25)26/h1-10,13,16,18-19,23,33H,11-12,14-15,17H2. The van der Waals surface area contributed by atoms with E-state index in [0.717, 1.165) is 59.5 Å². The van der Waals surface area contributed by atoms with Gasteiger partial charge < -0.3 is 9.88 Å². The predicted molar refractivity (Wildman–Crippen MR) is 151 cm³/mol. The van der Waals surface area contributed by atoms with Crippen molar-refractivity contribution in [3.05, 3.63) is 103 Å². The Balaban J connectivity index is 1.26. The summed E-state index contributed by atoms with van der Waals surface area (Å²) in [6, 6.07) is 19.9. The van der Waals surface area contributed by atoms with Gasteiger partial charge in [0.1, 0.15) is 11.5 Å². The first-order valence-corrected chi connectivity index (χ1v) is 13.4. The molecule has 0 aliphatic carbocycles. The summed E-state index contributed by atoms with van der Waals surface area (Å²) in [5, 5.41) is 9.16. The third kappa shape index (κ3) is 4.44. The SMILES string of the molecule is O=C(Cc1cn2nc(-c3c(-c4ccc(F)cc4)ncn3C3CCNCC3)ccc2n1)c1ccnc2ccccc12. The number of hydrogen-bond donors (Lipinski definition) is 1. The van der Waals surface area contributed by atoms with Crippen LogP contribution in [0.3, 0.4) is 0 Å². The Morgan fingerprint density at radius 2 is 1.80 bits per heavy atom. The quantitative estimate of drug-likeness (QED) is 0.294. The highest BCUT2D eigenvalue weighted by Crippen LogP contribution is 2.34. The van der Waals surface area contributed by atoms with E-state index in [1.54, 1.807) is 28.9 Å². The maximum atomic E-state index is 13.7. The zero-order chi connectivity index (χ0) is 27.1. The van der Waals surface area contributed by atoms with Crippen LogP contribution in [0.5, 0.6) is 0 Å². The van der Waals surface area contributed by atoms with E-state index < -0.39 is 0 Å². The minimum absolute atomic E-state index is 0.0233. The van der Waals surface area contributed by atoms with Gasteiger partial charge in [-0.25, -0.2) is 18.9 Å². The van der Waals surface area contributed by atoms with E-state index in [2.05, 4.69) is 19.9 Å². The highest BCUT2D eigenvalue weighted by atomic mass is 19.1. The molecule has 1 aliphatic rings. The second-order valence-electron chi connectivity index (χ2n) is 10.1. The Hall–Kier alpha value is -4.76. The molecule has 198 valence electrons. The molecule has 0 unspecified atom stereocenters. The summed E-state index contributed by atoms with van der Waals surface area (Å²) in [6.45, 7) is 1.87. The molecule has 1 N–H and O–H groups in total. The molecule has 1 saturated heterocycles. The highest BCUT2D eigenvalue weighted by Gasteiger charge is 2.24. The number of hydrogen-bond acceptors (Lipinski definition) is 6. The number of ketones is 1. The zero-order valence-corrected chi connectivity index (χ0v) is 21.7. The number of nitrogens with zero attached hydrogens (tertiary/aromatic N) is 6. The lowest BCUT2D eigenvalue weighted by Gasteiger charge is -2.25. The molecule has 0 atom stereocenters. The second kappa shape index (κ2) is 10.1. The molecule has 0 amide bonds. The Labute approximate surface area is 229 Å². The zero-order valence-electron chi connectivity index (χ0n) is 21.7. The average molecular weight is 532 g/mol. The van der Waals surface area contributed by atoms with Gasteiger partial charge in [-0.2, -0.15) is 5.10 Å². The minimum Gasteiger partial charge on any atom is -0.326 e. The summed E-state index contributed by atoms with van der Waals surface area (Å²) in [4.78, 5) is 27.1. The van der Waals surface area contributed by atoms with Crippen LogP contribution in [0.25, 0.3) is 39.2 Å². The molecule has 4 aromatic heterocycles. The lowest BCUT2D eigenvalue weighted by atomic mass is 10.0. The first-order chi connectivity index (χ1) is 19.6. The van der Waals surface area contributed by atoms with Crippen molar-refractivity contribution >= 4 is 22.3 Å². The number of fused-ring (bicyclic) bond motifs is 2. The van der Waals surface area contributed by atoms with Gasteiger partial charge in [0.2, 0.25) is 0 Å². The molecule has 1 fully saturated rings. The summed E-state index contributed by atoms with van der Waals surface area (Å²) < 4.78 is 17.6. The van der Waals surface area contributed by atoms with Crippen LogP contribution in [0.15, 0.2) is 85.5 Å². The molecule has 0 radical (unpaired) electrons. The van der Waals surface area contributed by atoms with Gasteiger partial charge in [-0.1, -0.05) is 18.2 Å². The van der Waals surface area contributed by atoms with Crippen molar-refractivity contribution < 1.29 is 9.18 Å². The van der Waals surface area contributed by atoms with E-state index in [1.165, 1.54) is 12.1 Å². The van der Waals surface area contributed by atoms with Crippen LogP contribution in [0.4, 0.5) is 4.39 Å². The van der Waals surface area contributed by atoms with E-state index in [-0.39, 0.29) is 24.1 Å². The molecular formula is C31H26FN7O. The first-order valence-electron chi connectivity index (χ1n) is 13.4.